The van der Waals surface area contributed by atoms with Crippen molar-refractivity contribution in [1.82, 2.24) is 10.2 Å². The molecular formula is C16H24Cl4N2O. The number of nitrogens with one attached hydrogen (secondary N) is 1. The number of rotatable bonds is 3. The number of benzene rings is 1. The Morgan fingerprint density at radius 2 is 1.70 bits per heavy atom. The van der Waals surface area contributed by atoms with E-state index >= 15 is 0 Å². The van der Waals surface area contributed by atoms with Gasteiger partial charge in [0.15, 0.2) is 0 Å². The van der Waals surface area contributed by atoms with E-state index in [4.69, 9.17) is 23.2 Å². The fourth-order valence-electron chi connectivity index (χ4n) is 3.78. The van der Waals surface area contributed by atoms with Gasteiger partial charge in [-0.2, -0.15) is 0 Å². The van der Waals surface area contributed by atoms with Crippen molar-refractivity contribution < 1.29 is 5.11 Å². The van der Waals surface area contributed by atoms with Gasteiger partial charge in [-0.1, -0.05) is 42.1 Å². The van der Waals surface area contributed by atoms with Crippen LogP contribution in [-0.2, 0) is 0 Å². The van der Waals surface area contributed by atoms with Crippen molar-refractivity contribution in [1.29, 1.82) is 0 Å². The van der Waals surface area contributed by atoms with Crippen LogP contribution in [-0.4, -0.2) is 36.2 Å². The average Bonchev–Trinajstić information content (AvgIpc) is 3.03. The Balaban J connectivity index is 0.00000132. The number of hydrogen-bond acceptors (Lipinski definition) is 3. The summed E-state index contributed by atoms with van der Waals surface area (Å²) in [4.78, 5) is 2.49. The molecule has 1 heterocycles. The van der Waals surface area contributed by atoms with Gasteiger partial charge in [0.1, 0.15) is 10.8 Å². The largest absolute Gasteiger partial charge is 0.506 e. The quantitative estimate of drug-likeness (QED) is 0.771. The van der Waals surface area contributed by atoms with Crippen LogP contribution in [0.15, 0.2) is 12.1 Å². The van der Waals surface area contributed by atoms with Gasteiger partial charge in [0, 0.05) is 37.8 Å². The minimum atomic E-state index is 0. The van der Waals surface area contributed by atoms with Crippen LogP contribution in [0.2, 0.25) is 10.0 Å². The van der Waals surface area contributed by atoms with E-state index in [0.29, 0.717) is 10.9 Å². The van der Waals surface area contributed by atoms with E-state index in [-0.39, 0.29) is 41.6 Å². The van der Waals surface area contributed by atoms with Crippen molar-refractivity contribution in [3.8, 4) is 5.75 Å². The van der Waals surface area contributed by atoms with Gasteiger partial charge in [-0.25, -0.2) is 0 Å². The molecule has 1 atom stereocenters. The first-order valence-electron chi connectivity index (χ1n) is 7.80. The minimum Gasteiger partial charge on any atom is -0.506 e. The molecule has 0 spiro atoms. The molecule has 2 aliphatic rings. The first kappa shape index (κ1) is 21.1. The third-order valence-corrected chi connectivity index (χ3v) is 5.60. The van der Waals surface area contributed by atoms with Crippen LogP contribution in [0, 0.1) is 5.92 Å². The molecule has 1 aromatic carbocycles. The third kappa shape index (κ3) is 4.59. The van der Waals surface area contributed by atoms with Crippen molar-refractivity contribution in [2.75, 3.05) is 26.2 Å². The highest BCUT2D eigenvalue weighted by molar-refractivity contribution is 6.43. The van der Waals surface area contributed by atoms with E-state index in [2.05, 4.69) is 10.2 Å². The fraction of sp³-hybridized carbons (Fsp3) is 0.625. The predicted molar refractivity (Wildman–Crippen MR) is 102 cm³/mol. The van der Waals surface area contributed by atoms with E-state index in [1.807, 2.05) is 12.1 Å². The summed E-state index contributed by atoms with van der Waals surface area (Å²) in [5.41, 5.74) is 0.943. The molecule has 0 unspecified atom stereocenters. The van der Waals surface area contributed by atoms with Crippen LogP contribution in [0.4, 0.5) is 0 Å². The molecule has 2 fully saturated rings. The van der Waals surface area contributed by atoms with Gasteiger partial charge < -0.3 is 10.4 Å². The molecule has 7 heteroatoms. The summed E-state index contributed by atoms with van der Waals surface area (Å²) in [7, 11) is 0. The Morgan fingerprint density at radius 3 is 2.30 bits per heavy atom. The molecule has 1 aliphatic heterocycles. The van der Waals surface area contributed by atoms with Crippen molar-refractivity contribution in [2.45, 2.75) is 31.7 Å². The Bertz CT molecular complexity index is 503. The Kier molecular flexibility index (Phi) is 8.78. The maximum atomic E-state index is 10.5. The number of hydrogen-bond donors (Lipinski definition) is 2. The van der Waals surface area contributed by atoms with Gasteiger partial charge in [-0.05, 0) is 24.8 Å². The lowest BCUT2D eigenvalue weighted by molar-refractivity contribution is 0.123. The summed E-state index contributed by atoms with van der Waals surface area (Å²) in [6, 6.07) is 4.02. The second-order valence-electron chi connectivity index (χ2n) is 6.07. The van der Waals surface area contributed by atoms with Crippen LogP contribution < -0.4 is 5.32 Å². The molecule has 1 aliphatic carbocycles. The van der Waals surface area contributed by atoms with E-state index in [1.165, 1.54) is 25.7 Å². The molecule has 3 nitrogen and oxygen atoms in total. The predicted octanol–water partition coefficient (Wildman–Crippen LogP) is 4.68. The Morgan fingerprint density at radius 1 is 1.09 bits per heavy atom. The summed E-state index contributed by atoms with van der Waals surface area (Å²) >= 11 is 12.2. The maximum Gasteiger partial charge on any atom is 0.140 e. The summed E-state index contributed by atoms with van der Waals surface area (Å²) in [6.45, 7) is 4.04. The minimum absolute atomic E-state index is 0. The molecule has 3 rings (SSSR count). The molecule has 23 heavy (non-hydrogen) atoms. The van der Waals surface area contributed by atoms with Crippen LogP contribution in [0.5, 0.6) is 5.75 Å². The highest BCUT2D eigenvalue weighted by Gasteiger charge is 2.34. The number of aromatic hydroxyl groups is 1. The number of phenolic OH excluding ortho intramolecular Hbond substituents is 1. The number of nitrogens with zero attached hydrogens (tertiary/aromatic N) is 1. The van der Waals surface area contributed by atoms with Crippen molar-refractivity contribution in [3.63, 3.8) is 0 Å². The van der Waals surface area contributed by atoms with E-state index in [9.17, 15) is 5.11 Å². The first-order valence-corrected chi connectivity index (χ1v) is 8.55. The van der Waals surface area contributed by atoms with Gasteiger partial charge in [-0.15, -0.1) is 24.8 Å². The molecule has 1 saturated heterocycles. The van der Waals surface area contributed by atoms with Gasteiger partial charge in [0.25, 0.3) is 0 Å². The fourth-order valence-corrected chi connectivity index (χ4v) is 4.10. The van der Waals surface area contributed by atoms with E-state index in [1.54, 1.807) is 0 Å². The lowest BCUT2D eigenvalue weighted by Crippen LogP contribution is -2.46. The highest BCUT2D eigenvalue weighted by Crippen LogP contribution is 2.45. The number of halogens is 4. The van der Waals surface area contributed by atoms with Crippen LogP contribution in [0.1, 0.15) is 37.3 Å². The number of piperazine rings is 1. The lowest BCUT2D eigenvalue weighted by atomic mass is 9.89. The zero-order valence-electron chi connectivity index (χ0n) is 12.9. The average molecular weight is 402 g/mol. The topological polar surface area (TPSA) is 35.5 Å². The summed E-state index contributed by atoms with van der Waals surface area (Å²) in [6.07, 6.45) is 5.03. The Hall–Kier alpha value is 0.1000. The third-order valence-electron chi connectivity index (χ3n) is 4.81. The SMILES string of the molecule is Cl.Cl.Oc1c([C@@H](C2CCCC2)N2CCNCC2)ccc(Cl)c1Cl. The summed E-state index contributed by atoms with van der Waals surface area (Å²) < 4.78 is 0. The van der Waals surface area contributed by atoms with E-state index in [0.717, 1.165) is 31.7 Å². The normalized spacial score (nSPS) is 20.6. The molecular weight excluding hydrogens is 378 g/mol. The summed E-state index contributed by atoms with van der Waals surface area (Å²) in [5.74, 6) is 0.769. The van der Waals surface area contributed by atoms with Crippen molar-refractivity contribution >= 4 is 48.0 Å². The lowest BCUT2D eigenvalue weighted by Gasteiger charge is -2.39. The maximum absolute atomic E-state index is 10.5. The molecule has 0 bridgehead atoms. The molecule has 132 valence electrons. The molecule has 0 amide bonds. The van der Waals surface area contributed by atoms with Gasteiger partial charge in [-0.3, -0.25) is 4.90 Å². The molecule has 1 aromatic rings. The first-order chi connectivity index (χ1) is 10.2. The molecule has 1 saturated carbocycles. The second-order valence-corrected chi connectivity index (χ2v) is 6.86. The van der Waals surface area contributed by atoms with Gasteiger partial charge in [0.2, 0.25) is 0 Å². The highest BCUT2D eigenvalue weighted by atomic mass is 35.5. The summed E-state index contributed by atoms with van der Waals surface area (Å²) in [5, 5.41) is 14.6. The Labute approximate surface area is 160 Å². The van der Waals surface area contributed by atoms with Crippen LogP contribution >= 0.6 is 48.0 Å². The zero-order valence-corrected chi connectivity index (χ0v) is 16.1. The number of phenols is 1. The van der Waals surface area contributed by atoms with Crippen LogP contribution in [0.25, 0.3) is 0 Å². The van der Waals surface area contributed by atoms with Gasteiger partial charge in [0.05, 0.1) is 5.02 Å². The van der Waals surface area contributed by atoms with Crippen LogP contribution in [0.3, 0.4) is 0 Å². The zero-order chi connectivity index (χ0) is 14.8. The second kappa shape index (κ2) is 9.55. The van der Waals surface area contributed by atoms with Crippen molar-refractivity contribution in [3.05, 3.63) is 27.7 Å². The monoisotopic (exact) mass is 400 g/mol. The molecule has 0 aromatic heterocycles. The smallest absolute Gasteiger partial charge is 0.140 e. The standard InChI is InChI=1S/C16H22Cl2N2O.2ClH/c17-13-6-5-12(16(21)14(13)18)15(11-3-1-2-4-11)20-9-7-19-8-10-20;;/h5-6,11,15,19,21H,1-4,7-10H2;2*1H/t15-;;/m1../s1. The molecule has 0 radical (unpaired) electrons. The molecule has 2 N–H and O–H groups in total. The van der Waals surface area contributed by atoms with E-state index < -0.39 is 0 Å². The van der Waals surface area contributed by atoms with Gasteiger partial charge >= 0.3 is 0 Å². The van der Waals surface area contributed by atoms with Crippen molar-refractivity contribution in [2.24, 2.45) is 5.92 Å².